The van der Waals surface area contributed by atoms with Gasteiger partial charge in [-0.25, -0.2) is 0 Å². The van der Waals surface area contributed by atoms with Gasteiger partial charge in [0.1, 0.15) is 0 Å². The van der Waals surface area contributed by atoms with E-state index in [1.807, 2.05) is 12.1 Å². The number of rotatable bonds is 7. The summed E-state index contributed by atoms with van der Waals surface area (Å²) in [5, 5.41) is 6.91. The Balaban J connectivity index is 1.25. The highest BCUT2D eigenvalue weighted by Crippen LogP contribution is 2.23. The molecule has 7 heteroatoms. The van der Waals surface area contributed by atoms with E-state index >= 15 is 0 Å². The molecule has 0 aliphatic carbocycles. The van der Waals surface area contributed by atoms with Crippen LogP contribution in [0.15, 0.2) is 28.8 Å². The van der Waals surface area contributed by atoms with Crippen molar-refractivity contribution in [2.75, 3.05) is 44.2 Å². The summed E-state index contributed by atoms with van der Waals surface area (Å²) >= 11 is 0. The molecule has 4 rings (SSSR count). The minimum atomic E-state index is -0.299. The van der Waals surface area contributed by atoms with Gasteiger partial charge in [-0.2, -0.15) is 4.98 Å². The maximum Gasteiger partial charge on any atom is 0.316 e. The first-order chi connectivity index (χ1) is 15.2. The van der Waals surface area contributed by atoms with Crippen molar-refractivity contribution in [3.05, 3.63) is 30.2 Å². The second-order valence-corrected chi connectivity index (χ2v) is 9.03. The Morgan fingerprint density at radius 1 is 1.10 bits per heavy atom. The van der Waals surface area contributed by atoms with Crippen LogP contribution in [0.2, 0.25) is 0 Å². The molecule has 2 fully saturated rings. The first kappa shape index (κ1) is 21.8. The minimum absolute atomic E-state index is 0.0261. The van der Waals surface area contributed by atoms with Gasteiger partial charge in [0.05, 0.1) is 0 Å². The maximum atomic E-state index is 12.4. The molecule has 1 atom stereocenters. The predicted octanol–water partition coefficient (Wildman–Crippen LogP) is 3.97. The summed E-state index contributed by atoms with van der Waals surface area (Å²) in [5.41, 5.74) is 2.09. The van der Waals surface area contributed by atoms with Crippen molar-refractivity contribution >= 4 is 11.6 Å². The number of nitrogens with one attached hydrogen (secondary N) is 1. The third kappa shape index (κ3) is 6.06. The third-order valence-electron chi connectivity index (χ3n) is 6.39. The number of hydrogen-bond donors (Lipinski definition) is 1. The average Bonchev–Trinajstić information content (AvgIpc) is 3.13. The number of nitrogens with zero attached hydrogens (tertiary/aromatic N) is 4. The van der Waals surface area contributed by atoms with Crippen LogP contribution < -0.4 is 10.2 Å². The van der Waals surface area contributed by atoms with Crippen LogP contribution in [0.3, 0.4) is 0 Å². The van der Waals surface area contributed by atoms with Crippen LogP contribution in [0.5, 0.6) is 0 Å². The number of piperidine rings is 1. The number of anilines is 1. The molecule has 2 aromatic rings. The minimum Gasteiger partial charge on any atom is -0.372 e. The topological polar surface area (TPSA) is 74.5 Å². The molecule has 0 unspecified atom stereocenters. The lowest BCUT2D eigenvalue weighted by Gasteiger charge is -2.30. The summed E-state index contributed by atoms with van der Waals surface area (Å²) in [7, 11) is 0. The van der Waals surface area contributed by atoms with Crippen molar-refractivity contribution in [3.8, 4) is 11.4 Å². The average molecular weight is 426 g/mol. The first-order valence-corrected chi connectivity index (χ1v) is 11.9. The summed E-state index contributed by atoms with van der Waals surface area (Å²) in [6.07, 6.45) is 8.67. The zero-order valence-corrected chi connectivity index (χ0v) is 18.7. The van der Waals surface area contributed by atoms with Crippen LogP contribution >= 0.6 is 0 Å². The molecule has 1 aromatic heterocycles. The molecule has 0 radical (unpaired) electrons. The van der Waals surface area contributed by atoms with Crippen molar-refractivity contribution in [1.29, 1.82) is 0 Å². The largest absolute Gasteiger partial charge is 0.372 e. The number of hydrogen-bond acceptors (Lipinski definition) is 6. The van der Waals surface area contributed by atoms with Gasteiger partial charge in [-0.15, -0.1) is 0 Å². The molecule has 0 saturated carbocycles. The Morgan fingerprint density at radius 2 is 1.87 bits per heavy atom. The van der Waals surface area contributed by atoms with E-state index in [-0.39, 0.29) is 11.8 Å². The molecule has 31 heavy (non-hydrogen) atoms. The fraction of sp³-hybridized carbons (Fsp3) is 0.625. The van der Waals surface area contributed by atoms with Gasteiger partial charge in [0, 0.05) is 37.4 Å². The van der Waals surface area contributed by atoms with Gasteiger partial charge in [0.2, 0.25) is 5.82 Å². The fourth-order valence-electron chi connectivity index (χ4n) is 4.65. The van der Waals surface area contributed by atoms with E-state index in [1.165, 1.54) is 50.8 Å². The quantitative estimate of drug-likeness (QED) is 0.677. The SMILES string of the molecule is C[C@@H]1CCCN(CCCNC(=O)c2nc(-c3ccc(N4CCCCCC4)cc3)no2)C1. The van der Waals surface area contributed by atoms with Crippen LogP contribution in [0.25, 0.3) is 11.4 Å². The zero-order chi connectivity index (χ0) is 21.5. The predicted molar refractivity (Wildman–Crippen MR) is 122 cm³/mol. The van der Waals surface area contributed by atoms with Gasteiger partial charge in [-0.05, 0) is 75.4 Å². The standard InChI is InChI=1S/C24H35N5O2/c1-19-8-6-14-28(18-19)15-7-13-25-23(30)24-26-22(27-31-24)20-9-11-21(12-10-20)29-16-4-2-3-5-17-29/h9-12,19H,2-8,13-18H2,1H3,(H,25,30)/t19-/m1/s1. The third-order valence-corrected chi connectivity index (χ3v) is 6.39. The van der Waals surface area contributed by atoms with Crippen molar-refractivity contribution in [2.24, 2.45) is 5.92 Å². The number of carbonyl (C=O) groups is 1. The summed E-state index contributed by atoms with van der Waals surface area (Å²) in [5.74, 6) is 0.957. The van der Waals surface area contributed by atoms with E-state index in [1.54, 1.807) is 0 Å². The lowest BCUT2D eigenvalue weighted by Crippen LogP contribution is -2.36. The second kappa shape index (κ2) is 10.8. The van der Waals surface area contributed by atoms with E-state index in [9.17, 15) is 4.79 Å². The van der Waals surface area contributed by atoms with Gasteiger partial charge < -0.3 is 19.6 Å². The molecular formula is C24H35N5O2. The Hall–Kier alpha value is -2.41. The highest BCUT2D eigenvalue weighted by atomic mass is 16.5. The van der Waals surface area contributed by atoms with Gasteiger partial charge in [-0.1, -0.05) is 24.9 Å². The van der Waals surface area contributed by atoms with E-state index < -0.39 is 0 Å². The maximum absolute atomic E-state index is 12.4. The lowest BCUT2D eigenvalue weighted by molar-refractivity contribution is 0.0906. The summed E-state index contributed by atoms with van der Waals surface area (Å²) < 4.78 is 5.21. The molecule has 2 saturated heterocycles. The Kier molecular flexibility index (Phi) is 7.57. The molecule has 0 spiro atoms. The van der Waals surface area contributed by atoms with Gasteiger partial charge >= 0.3 is 11.8 Å². The molecule has 1 aromatic carbocycles. The molecule has 3 heterocycles. The molecule has 0 bridgehead atoms. The van der Waals surface area contributed by atoms with Crippen LogP contribution in [-0.4, -0.2) is 60.2 Å². The van der Waals surface area contributed by atoms with E-state index in [0.29, 0.717) is 12.4 Å². The highest BCUT2D eigenvalue weighted by molar-refractivity contribution is 5.89. The van der Waals surface area contributed by atoms with Gasteiger partial charge in [-0.3, -0.25) is 4.79 Å². The Bertz CT molecular complexity index is 827. The summed E-state index contributed by atoms with van der Waals surface area (Å²) in [6.45, 7) is 8.50. The van der Waals surface area contributed by atoms with Crippen molar-refractivity contribution in [1.82, 2.24) is 20.4 Å². The lowest BCUT2D eigenvalue weighted by atomic mass is 10.0. The van der Waals surface area contributed by atoms with Crippen LogP contribution in [-0.2, 0) is 0 Å². The van der Waals surface area contributed by atoms with Crippen LogP contribution in [0.1, 0.15) is 62.6 Å². The molecule has 168 valence electrons. The van der Waals surface area contributed by atoms with Gasteiger partial charge in [0.25, 0.3) is 0 Å². The number of carbonyl (C=O) groups excluding carboxylic acids is 1. The number of aromatic nitrogens is 2. The van der Waals surface area contributed by atoms with E-state index in [4.69, 9.17) is 4.52 Å². The van der Waals surface area contributed by atoms with Gasteiger partial charge in [0.15, 0.2) is 0 Å². The number of likely N-dealkylation sites (tertiary alicyclic amines) is 1. The number of amides is 1. The first-order valence-electron chi connectivity index (χ1n) is 11.9. The molecular weight excluding hydrogens is 390 g/mol. The zero-order valence-electron chi connectivity index (χ0n) is 18.7. The van der Waals surface area contributed by atoms with Crippen molar-refractivity contribution in [3.63, 3.8) is 0 Å². The van der Waals surface area contributed by atoms with E-state index in [2.05, 4.69) is 44.3 Å². The normalized spacial score (nSPS) is 20.4. The fourth-order valence-corrected chi connectivity index (χ4v) is 4.65. The Morgan fingerprint density at radius 3 is 2.61 bits per heavy atom. The van der Waals surface area contributed by atoms with Crippen molar-refractivity contribution < 1.29 is 9.32 Å². The smallest absolute Gasteiger partial charge is 0.316 e. The number of benzene rings is 1. The molecule has 1 N–H and O–H groups in total. The summed E-state index contributed by atoms with van der Waals surface area (Å²) in [4.78, 5) is 21.6. The molecule has 1 amide bonds. The molecule has 2 aliphatic rings. The van der Waals surface area contributed by atoms with Crippen LogP contribution in [0.4, 0.5) is 5.69 Å². The molecule has 2 aliphatic heterocycles. The summed E-state index contributed by atoms with van der Waals surface area (Å²) in [6, 6.07) is 8.23. The van der Waals surface area contributed by atoms with E-state index in [0.717, 1.165) is 44.1 Å². The highest BCUT2D eigenvalue weighted by Gasteiger charge is 2.18. The van der Waals surface area contributed by atoms with Crippen molar-refractivity contribution in [2.45, 2.75) is 51.9 Å². The monoisotopic (exact) mass is 425 g/mol. The second-order valence-electron chi connectivity index (χ2n) is 9.03. The van der Waals surface area contributed by atoms with Crippen LogP contribution in [0, 0.1) is 5.92 Å². The molecule has 7 nitrogen and oxygen atoms in total. The Labute approximate surface area is 185 Å².